The van der Waals surface area contributed by atoms with Gasteiger partial charge in [-0.05, 0) is 47.6 Å². The molecule has 1 unspecified atom stereocenters. The summed E-state index contributed by atoms with van der Waals surface area (Å²) in [7, 11) is 1.91. The zero-order chi connectivity index (χ0) is 17.9. The van der Waals surface area contributed by atoms with Crippen LogP contribution in [0.25, 0.3) is 10.8 Å². The Hall–Kier alpha value is -2.62. The number of benzene rings is 2. The van der Waals surface area contributed by atoms with Gasteiger partial charge in [-0.3, -0.25) is 9.48 Å². The highest BCUT2D eigenvalue weighted by molar-refractivity contribution is 5.85. The van der Waals surface area contributed by atoms with Gasteiger partial charge < -0.3 is 4.90 Å². The van der Waals surface area contributed by atoms with E-state index < -0.39 is 0 Å². The zero-order valence-corrected chi connectivity index (χ0v) is 15.3. The first-order valence-corrected chi connectivity index (χ1v) is 9.44. The van der Waals surface area contributed by atoms with Gasteiger partial charge in [0.2, 0.25) is 5.91 Å². The van der Waals surface area contributed by atoms with Crippen LogP contribution in [-0.2, 0) is 24.7 Å². The lowest BCUT2D eigenvalue weighted by atomic mass is 9.97. The third kappa shape index (κ3) is 3.50. The predicted octanol–water partition coefficient (Wildman–Crippen LogP) is 3.74. The summed E-state index contributed by atoms with van der Waals surface area (Å²) in [4.78, 5) is 14.9. The maximum atomic E-state index is 12.8. The number of hydrogen-bond acceptors (Lipinski definition) is 2. The fraction of sp³-hybridized carbons (Fsp3) is 0.364. The minimum absolute atomic E-state index is 0.275. The quantitative estimate of drug-likeness (QED) is 0.705. The van der Waals surface area contributed by atoms with Gasteiger partial charge in [0.15, 0.2) is 0 Å². The number of aromatic nitrogens is 2. The second-order valence-corrected chi connectivity index (χ2v) is 7.25. The fourth-order valence-corrected chi connectivity index (χ4v) is 4.10. The van der Waals surface area contributed by atoms with E-state index in [1.54, 1.807) is 4.68 Å². The van der Waals surface area contributed by atoms with Crippen molar-refractivity contribution in [2.45, 2.75) is 38.1 Å². The lowest BCUT2D eigenvalue weighted by Gasteiger charge is -2.25. The molecule has 0 spiro atoms. The Morgan fingerprint density at radius 1 is 1.19 bits per heavy atom. The molecule has 1 aromatic heterocycles. The van der Waals surface area contributed by atoms with Gasteiger partial charge in [-0.25, -0.2) is 0 Å². The van der Waals surface area contributed by atoms with Crippen LogP contribution in [0.15, 0.2) is 54.9 Å². The van der Waals surface area contributed by atoms with Gasteiger partial charge in [-0.2, -0.15) is 5.10 Å². The molecule has 2 heterocycles. The summed E-state index contributed by atoms with van der Waals surface area (Å²) in [5.74, 6) is 0.275. The Morgan fingerprint density at radius 2 is 2.04 bits per heavy atom. The molecule has 0 N–H and O–H groups in total. The molecule has 1 aliphatic heterocycles. The van der Waals surface area contributed by atoms with Gasteiger partial charge in [0.05, 0.1) is 6.20 Å². The summed E-state index contributed by atoms with van der Waals surface area (Å²) in [5.41, 5.74) is 2.48. The summed E-state index contributed by atoms with van der Waals surface area (Å²) in [6, 6.07) is 15.3. The van der Waals surface area contributed by atoms with Crippen LogP contribution in [0.2, 0.25) is 0 Å². The number of rotatable bonds is 5. The first-order chi connectivity index (χ1) is 12.7. The van der Waals surface area contributed by atoms with E-state index in [0.717, 1.165) is 37.8 Å². The lowest BCUT2D eigenvalue weighted by molar-refractivity contribution is -0.131. The van der Waals surface area contributed by atoms with Crippen LogP contribution in [0.4, 0.5) is 0 Å². The van der Waals surface area contributed by atoms with Crippen LogP contribution in [0.3, 0.4) is 0 Å². The number of fused-ring (bicyclic) bond motifs is 1. The molecule has 4 heteroatoms. The Labute approximate surface area is 154 Å². The van der Waals surface area contributed by atoms with Crippen molar-refractivity contribution >= 4 is 16.7 Å². The summed E-state index contributed by atoms with van der Waals surface area (Å²) in [6.07, 6.45) is 8.33. The second kappa shape index (κ2) is 7.32. The molecule has 134 valence electrons. The molecule has 1 fully saturated rings. The molecule has 4 rings (SSSR count). The average Bonchev–Trinajstić information content (AvgIpc) is 3.29. The van der Waals surface area contributed by atoms with Crippen molar-refractivity contribution in [2.24, 2.45) is 7.05 Å². The van der Waals surface area contributed by atoms with E-state index >= 15 is 0 Å². The molecule has 1 atom stereocenters. The smallest absolute Gasteiger partial charge is 0.223 e. The van der Waals surface area contributed by atoms with Crippen molar-refractivity contribution in [3.05, 3.63) is 66.0 Å². The van der Waals surface area contributed by atoms with Gasteiger partial charge in [0.1, 0.15) is 0 Å². The monoisotopic (exact) mass is 347 g/mol. The van der Waals surface area contributed by atoms with E-state index in [1.807, 2.05) is 19.4 Å². The molecular weight excluding hydrogens is 322 g/mol. The normalized spacial score (nSPS) is 17.1. The van der Waals surface area contributed by atoms with Crippen molar-refractivity contribution < 1.29 is 4.79 Å². The summed E-state index contributed by atoms with van der Waals surface area (Å²) in [6.45, 7) is 0.890. The molecule has 4 nitrogen and oxygen atoms in total. The largest absolute Gasteiger partial charge is 0.339 e. The number of hydrogen-bond donors (Lipinski definition) is 0. The summed E-state index contributed by atoms with van der Waals surface area (Å²) < 4.78 is 1.79. The molecule has 3 aromatic rings. The number of carbonyl (C=O) groups excluding carboxylic acids is 1. The van der Waals surface area contributed by atoms with Crippen molar-refractivity contribution in [3.63, 3.8) is 0 Å². The number of amides is 1. The number of likely N-dealkylation sites (tertiary alicyclic amines) is 1. The van der Waals surface area contributed by atoms with Crippen LogP contribution in [0.1, 0.15) is 30.4 Å². The molecule has 26 heavy (non-hydrogen) atoms. The standard InChI is InChI=1S/C22H25N3O/c1-24-16-17(15-23-24)11-12-22(26)25-13-5-9-20(25)14-19-8-4-7-18-6-2-3-10-21(18)19/h2-4,6-8,10,15-16,20H,5,9,11-14H2,1H3. The van der Waals surface area contributed by atoms with Crippen LogP contribution in [0.5, 0.6) is 0 Å². The molecule has 1 aliphatic rings. The van der Waals surface area contributed by atoms with Crippen molar-refractivity contribution in [3.8, 4) is 0 Å². The molecule has 1 saturated heterocycles. The summed E-state index contributed by atoms with van der Waals surface area (Å²) in [5, 5.41) is 6.77. The van der Waals surface area contributed by atoms with Crippen LogP contribution < -0.4 is 0 Å². The van der Waals surface area contributed by atoms with E-state index in [2.05, 4.69) is 52.5 Å². The van der Waals surface area contributed by atoms with Crippen molar-refractivity contribution in [2.75, 3.05) is 6.54 Å². The van der Waals surface area contributed by atoms with Crippen LogP contribution in [-0.4, -0.2) is 33.2 Å². The zero-order valence-electron chi connectivity index (χ0n) is 15.3. The molecule has 1 amide bonds. The molecule has 0 saturated carbocycles. The van der Waals surface area contributed by atoms with E-state index in [0.29, 0.717) is 12.5 Å². The fourth-order valence-electron chi connectivity index (χ4n) is 4.10. The Morgan fingerprint density at radius 3 is 2.88 bits per heavy atom. The number of aryl methyl sites for hydroxylation is 2. The minimum atomic E-state index is 0.275. The van der Waals surface area contributed by atoms with Gasteiger partial charge >= 0.3 is 0 Å². The molecular formula is C22H25N3O. The summed E-state index contributed by atoms with van der Waals surface area (Å²) >= 11 is 0. The highest BCUT2D eigenvalue weighted by Crippen LogP contribution is 2.26. The molecule has 0 bridgehead atoms. The number of carbonyl (C=O) groups is 1. The topological polar surface area (TPSA) is 38.1 Å². The van der Waals surface area contributed by atoms with E-state index in [9.17, 15) is 4.79 Å². The minimum Gasteiger partial charge on any atom is -0.339 e. The maximum absolute atomic E-state index is 12.8. The van der Waals surface area contributed by atoms with E-state index in [1.165, 1.54) is 16.3 Å². The van der Waals surface area contributed by atoms with E-state index in [4.69, 9.17) is 0 Å². The second-order valence-electron chi connectivity index (χ2n) is 7.25. The molecule has 0 radical (unpaired) electrons. The SMILES string of the molecule is Cn1cc(CCC(=O)N2CCCC2Cc2cccc3ccccc23)cn1. The molecule has 2 aromatic carbocycles. The van der Waals surface area contributed by atoms with Crippen molar-refractivity contribution in [1.82, 2.24) is 14.7 Å². The van der Waals surface area contributed by atoms with Gasteiger partial charge in [0.25, 0.3) is 0 Å². The van der Waals surface area contributed by atoms with Gasteiger partial charge in [0, 0.05) is 32.3 Å². The Bertz CT molecular complexity index is 909. The first kappa shape index (κ1) is 16.8. The first-order valence-electron chi connectivity index (χ1n) is 9.44. The Kier molecular flexibility index (Phi) is 4.74. The van der Waals surface area contributed by atoms with E-state index in [-0.39, 0.29) is 5.91 Å². The highest BCUT2D eigenvalue weighted by atomic mass is 16.2. The lowest BCUT2D eigenvalue weighted by Crippen LogP contribution is -2.37. The highest BCUT2D eigenvalue weighted by Gasteiger charge is 2.28. The van der Waals surface area contributed by atoms with Crippen molar-refractivity contribution in [1.29, 1.82) is 0 Å². The Balaban J connectivity index is 1.45. The average molecular weight is 347 g/mol. The maximum Gasteiger partial charge on any atom is 0.223 e. The molecule has 0 aliphatic carbocycles. The van der Waals surface area contributed by atoms with Gasteiger partial charge in [-0.15, -0.1) is 0 Å². The van der Waals surface area contributed by atoms with Crippen LogP contribution in [0, 0.1) is 0 Å². The van der Waals surface area contributed by atoms with Crippen LogP contribution >= 0.6 is 0 Å². The predicted molar refractivity (Wildman–Crippen MR) is 104 cm³/mol. The number of nitrogens with zero attached hydrogens (tertiary/aromatic N) is 3. The third-order valence-electron chi connectivity index (χ3n) is 5.42. The third-order valence-corrected chi connectivity index (χ3v) is 5.42. The van der Waals surface area contributed by atoms with Gasteiger partial charge in [-0.1, -0.05) is 42.5 Å².